The van der Waals surface area contributed by atoms with Crippen LogP contribution in [0, 0.1) is 11.6 Å². The van der Waals surface area contributed by atoms with Gasteiger partial charge in [0.2, 0.25) is 0 Å². The van der Waals surface area contributed by atoms with E-state index in [4.69, 9.17) is 9.16 Å². The molecule has 4 rings (SSSR count). The van der Waals surface area contributed by atoms with Crippen molar-refractivity contribution >= 4 is 14.2 Å². The number of nitrogens with zero attached hydrogens (tertiary/aromatic N) is 3. The first-order valence-electron chi connectivity index (χ1n) is 13.9. The van der Waals surface area contributed by atoms with E-state index >= 15 is 4.39 Å². The third kappa shape index (κ3) is 7.18. The third-order valence-electron chi connectivity index (χ3n) is 7.75. The number of benzene rings is 2. The van der Waals surface area contributed by atoms with Gasteiger partial charge in [0, 0.05) is 43.6 Å². The first kappa shape index (κ1) is 31.2. The van der Waals surface area contributed by atoms with E-state index in [-0.39, 0.29) is 46.9 Å². The van der Waals surface area contributed by atoms with E-state index in [0.29, 0.717) is 17.9 Å². The van der Waals surface area contributed by atoms with Crippen LogP contribution in [0.25, 0.3) is 22.5 Å². The second-order valence-corrected chi connectivity index (χ2v) is 16.5. The van der Waals surface area contributed by atoms with Crippen molar-refractivity contribution in [2.75, 3.05) is 20.3 Å². The summed E-state index contributed by atoms with van der Waals surface area (Å²) in [6.45, 7) is 11.6. The van der Waals surface area contributed by atoms with Crippen molar-refractivity contribution in [3.63, 3.8) is 0 Å². The molecular formula is C32H38F2N4O3Si. The number of aromatic nitrogens is 3. The van der Waals surface area contributed by atoms with Gasteiger partial charge in [-0.05, 0) is 72.7 Å². The molecule has 0 saturated heterocycles. The summed E-state index contributed by atoms with van der Waals surface area (Å²) in [6, 6.07) is 17.6. The van der Waals surface area contributed by atoms with Gasteiger partial charge in [0.15, 0.2) is 8.32 Å². The molecule has 1 atom stereocenters. The highest BCUT2D eigenvalue weighted by Crippen LogP contribution is 2.37. The highest BCUT2D eigenvalue weighted by molar-refractivity contribution is 6.74. The summed E-state index contributed by atoms with van der Waals surface area (Å²) in [5, 5.41) is 7.56. The molecule has 222 valence electrons. The van der Waals surface area contributed by atoms with E-state index in [1.807, 2.05) is 18.2 Å². The Morgan fingerprint density at radius 1 is 1.05 bits per heavy atom. The van der Waals surface area contributed by atoms with Crippen LogP contribution in [0.2, 0.25) is 18.1 Å². The van der Waals surface area contributed by atoms with Gasteiger partial charge in [0.05, 0.1) is 22.5 Å². The van der Waals surface area contributed by atoms with Gasteiger partial charge < -0.3 is 14.5 Å². The summed E-state index contributed by atoms with van der Waals surface area (Å²) < 4.78 is 42.3. The highest BCUT2D eigenvalue weighted by atomic mass is 28.4. The lowest BCUT2D eigenvalue weighted by atomic mass is 10.0. The van der Waals surface area contributed by atoms with Crippen molar-refractivity contribution in [3.05, 3.63) is 95.8 Å². The first-order chi connectivity index (χ1) is 19.9. The Labute approximate surface area is 247 Å². The molecule has 0 saturated carbocycles. The molecule has 0 bridgehead atoms. The molecule has 1 unspecified atom stereocenters. The molecule has 0 radical (unpaired) electrons. The standard InChI is InChI=1S/C32H38F2N4O3Si/c1-32(2,3)42(5,6)41-20-23(27-12-7-8-17-35-27)19-36-31(39)25-10-9-11-26(34)30(25)28-18-29(38(37-28)21-40-4)22-13-15-24(33)16-14-22/h7-18,23H,19-21H2,1-6H3,(H,36,39). The number of carbonyl (C=O) groups excluding carboxylic acids is 1. The molecule has 0 aliphatic rings. The van der Waals surface area contributed by atoms with Crippen LogP contribution < -0.4 is 5.32 Å². The van der Waals surface area contributed by atoms with Crippen LogP contribution in [0.15, 0.2) is 72.9 Å². The number of halogens is 2. The lowest BCUT2D eigenvalue weighted by molar-refractivity contribution is 0.0948. The summed E-state index contributed by atoms with van der Waals surface area (Å²) in [5.41, 5.74) is 2.55. The largest absolute Gasteiger partial charge is 0.416 e. The maximum absolute atomic E-state index is 15.4. The van der Waals surface area contributed by atoms with E-state index in [1.165, 1.54) is 31.4 Å². The van der Waals surface area contributed by atoms with Crippen molar-refractivity contribution in [1.29, 1.82) is 0 Å². The van der Waals surface area contributed by atoms with E-state index < -0.39 is 20.0 Å². The zero-order chi connectivity index (χ0) is 30.5. The Morgan fingerprint density at radius 3 is 2.43 bits per heavy atom. The van der Waals surface area contributed by atoms with Crippen LogP contribution in [0.5, 0.6) is 0 Å². The number of amides is 1. The maximum Gasteiger partial charge on any atom is 0.252 e. The van der Waals surface area contributed by atoms with Crippen molar-refractivity contribution in [2.24, 2.45) is 0 Å². The molecule has 10 heteroatoms. The second-order valence-electron chi connectivity index (χ2n) is 11.7. The number of nitrogens with one attached hydrogen (secondary N) is 1. The lowest BCUT2D eigenvalue weighted by Gasteiger charge is -2.37. The van der Waals surface area contributed by atoms with Crippen molar-refractivity contribution in [3.8, 4) is 22.5 Å². The molecule has 7 nitrogen and oxygen atoms in total. The first-order valence-corrected chi connectivity index (χ1v) is 16.8. The van der Waals surface area contributed by atoms with Crippen LogP contribution in [-0.2, 0) is 15.9 Å². The molecule has 2 heterocycles. The Hall–Kier alpha value is -3.73. The summed E-state index contributed by atoms with van der Waals surface area (Å²) in [4.78, 5) is 18.1. The minimum atomic E-state index is -2.05. The molecule has 0 spiro atoms. The predicted octanol–water partition coefficient (Wildman–Crippen LogP) is 7.03. The molecule has 0 fully saturated rings. The van der Waals surface area contributed by atoms with Gasteiger partial charge in [-0.2, -0.15) is 5.10 Å². The fourth-order valence-electron chi connectivity index (χ4n) is 4.29. The molecule has 42 heavy (non-hydrogen) atoms. The highest BCUT2D eigenvalue weighted by Gasteiger charge is 2.38. The monoisotopic (exact) mass is 592 g/mol. The smallest absolute Gasteiger partial charge is 0.252 e. The van der Waals surface area contributed by atoms with Gasteiger partial charge in [0.25, 0.3) is 5.91 Å². The van der Waals surface area contributed by atoms with Crippen molar-refractivity contribution in [1.82, 2.24) is 20.1 Å². The fraction of sp³-hybridized carbons (Fsp3) is 0.344. The van der Waals surface area contributed by atoms with Gasteiger partial charge in [-0.1, -0.05) is 32.9 Å². The molecule has 1 N–H and O–H groups in total. The van der Waals surface area contributed by atoms with Crippen LogP contribution in [0.4, 0.5) is 8.78 Å². The van der Waals surface area contributed by atoms with Gasteiger partial charge >= 0.3 is 0 Å². The Kier molecular flexibility index (Phi) is 9.70. The molecular weight excluding hydrogens is 554 g/mol. The summed E-state index contributed by atoms with van der Waals surface area (Å²) in [7, 11) is -0.536. The Morgan fingerprint density at radius 2 is 1.79 bits per heavy atom. The molecule has 2 aromatic heterocycles. The normalized spacial score (nSPS) is 12.8. The van der Waals surface area contributed by atoms with Gasteiger partial charge in [-0.25, -0.2) is 13.5 Å². The van der Waals surface area contributed by atoms with Crippen LogP contribution >= 0.6 is 0 Å². The lowest BCUT2D eigenvalue weighted by Crippen LogP contribution is -2.42. The second kappa shape index (κ2) is 13.1. The number of methoxy groups -OCH3 is 1. The third-order valence-corrected chi connectivity index (χ3v) is 12.3. The SMILES string of the molecule is COCn1nc(-c2c(F)cccc2C(=O)NCC(CO[Si](C)(C)C(C)(C)C)c2ccccn2)cc1-c1ccc(F)cc1. The van der Waals surface area contributed by atoms with E-state index in [9.17, 15) is 9.18 Å². The molecule has 0 aliphatic carbocycles. The van der Waals surface area contributed by atoms with Gasteiger partial charge in [-0.15, -0.1) is 0 Å². The number of hydrogen-bond donors (Lipinski definition) is 1. The average molecular weight is 593 g/mol. The predicted molar refractivity (Wildman–Crippen MR) is 162 cm³/mol. The molecule has 0 aliphatic heterocycles. The average Bonchev–Trinajstić information content (AvgIpc) is 3.36. The zero-order valence-corrected chi connectivity index (χ0v) is 25.9. The van der Waals surface area contributed by atoms with E-state index in [0.717, 1.165) is 5.69 Å². The summed E-state index contributed by atoms with van der Waals surface area (Å²) in [5.74, 6) is -1.60. The molecule has 2 aromatic carbocycles. The van der Waals surface area contributed by atoms with Crippen LogP contribution in [0.3, 0.4) is 0 Å². The fourth-order valence-corrected chi connectivity index (χ4v) is 5.34. The molecule has 4 aromatic rings. The van der Waals surface area contributed by atoms with Crippen molar-refractivity contribution in [2.45, 2.75) is 51.6 Å². The summed E-state index contributed by atoms with van der Waals surface area (Å²) in [6.07, 6.45) is 1.72. The Balaban J connectivity index is 1.62. The van der Waals surface area contributed by atoms with E-state index in [2.05, 4.69) is 49.3 Å². The van der Waals surface area contributed by atoms with Crippen LogP contribution in [0.1, 0.15) is 42.7 Å². The molecule has 1 amide bonds. The summed E-state index contributed by atoms with van der Waals surface area (Å²) >= 11 is 0. The topological polar surface area (TPSA) is 78.3 Å². The number of pyridine rings is 1. The van der Waals surface area contributed by atoms with Gasteiger partial charge in [0.1, 0.15) is 18.4 Å². The van der Waals surface area contributed by atoms with Crippen molar-refractivity contribution < 1.29 is 22.7 Å². The quantitative estimate of drug-likeness (QED) is 0.189. The maximum atomic E-state index is 15.4. The number of carbonyl (C=O) groups is 1. The van der Waals surface area contributed by atoms with Crippen LogP contribution in [-0.4, -0.2) is 49.3 Å². The number of hydrogen-bond acceptors (Lipinski definition) is 5. The van der Waals surface area contributed by atoms with Gasteiger partial charge in [-0.3, -0.25) is 9.78 Å². The number of rotatable bonds is 11. The Bertz CT molecular complexity index is 1500. The minimum Gasteiger partial charge on any atom is -0.416 e. The van der Waals surface area contributed by atoms with E-state index in [1.54, 1.807) is 35.1 Å². The number of ether oxygens (including phenoxy) is 1. The zero-order valence-electron chi connectivity index (χ0n) is 24.9. The minimum absolute atomic E-state index is 0.0281.